The highest BCUT2D eigenvalue weighted by molar-refractivity contribution is 8.14. The number of carbonyl (C=O) groups excluding carboxylic acids is 2. The number of anilines is 1. The summed E-state index contributed by atoms with van der Waals surface area (Å²) in [5.41, 5.74) is 9.88. The van der Waals surface area contributed by atoms with Crippen molar-refractivity contribution >= 4 is 28.5 Å². The molecule has 1 aromatic heterocycles. The molecular formula is C24H23N3O3S. The number of rotatable bonds is 7. The number of thioether (sulfide) groups is 1. The summed E-state index contributed by atoms with van der Waals surface area (Å²) in [5.74, 6) is 1.30. The zero-order chi connectivity index (χ0) is 21.6. The van der Waals surface area contributed by atoms with Crippen molar-refractivity contribution in [1.82, 2.24) is 4.98 Å². The third-order valence-corrected chi connectivity index (χ3v) is 6.23. The molecule has 1 aliphatic rings. The molecule has 0 aliphatic carbocycles. The van der Waals surface area contributed by atoms with Crippen LogP contribution in [0, 0.1) is 5.92 Å². The summed E-state index contributed by atoms with van der Waals surface area (Å²) in [7, 11) is 0. The van der Waals surface area contributed by atoms with Crippen LogP contribution in [0.1, 0.15) is 22.3 Å². The first-order valence-corrected chi connectivity index (χ1v) is 11.1. The summed E-state index contributed by atoms with van der Waals surface area (Å²) in [4.78, 5) is 28.5. The molecule has 3 N–H and O–H groups in total. The van der Waals surface area contributed by atoms with Crippen molar-refractivity contribution in [3.8, 4) is 16.9 Å². The van der Waals surface area contributed by atoms with Gasteiger partial charge in [0, 0.05) is 35.9 Å². The molecule has 0 bridgehead atoms. The second-order valence-electron chi connectivity index (χ2n) is 7.26. The maximum Gasteiger partial charge on any atom is 0.255 e. The van der Waals surface area contributed by atoms with E-state index in [1.807, 2.05) is 36.4 Å². The van der Waals surface area contributed by atoms with Gasteiger partial charge < -0.3 is 15.8 Å². The lowest BCUT2D eigenvalue weighted by Gasteiger charge is -2.14. The summed E-state index contributed by atoms with van der Waals surface area (Å²) >= 11 is 1.38. The lowest BCUT2D eigenvalue weighted by Crippen LogP contribution is -2.15. The maximum absolute atomic E-state index is 12.7. The number of hydrogen-bond acceptors (Lipinski definition) is 6. The van der Waals surface area contributed by atoms with Gasteiger partial charge >= 0.3 is 0 Å². The van der Waals surface area contributed by atoms with Crippen LogP contribution >= 0.6 is 11.8 Å². The number of amides is 1. The zero-order valence-corrected chi connectivity index (χ0v) is 17.7. The Morgan fingerprint density at radius 3 is 2.74 bits per heavy atom. The minimum Gasteiger partial charge on any atom is -0.493 e. The first-order valence-electron chi connectivity index (χ1n) is 10.1. The van der Waals surface area contributed by atoms with E-state index < -0.39 is 0 Å². The van der Waals surface area contributed by atoms with Crippen LogP contribution in [0.5, 0.6) is 5.75 Å². The Morgan fingerprint density at radius 1 is 1.16 bits per heavy atom. The number of carbonyl (C=O) groups is 2. The molecule has 0 saturated carbocycles. The van der Waals surface area contributed by atoms with Gasteiger partial charge in [-0.25, -0.2) is 0 Å². The second kappa shape index (κ2) is 9.76. The van der Waals surface area contributed by atoms with E-state index in [-0.39, 0.29) is 16.9 Å². The summed E-state index contributed by atoms with van der Waals surface area (Å²) in [6, 6.07) is 16.6. The van der Waals surface area contributed by atoms with Gasteiger partial charge in [0.2, 0.25) is 0 Å². The van der Waals surface area contributed by atoms with Gasteiger partial charge in [0.05, 0.1) is 12.5 Å². The van der Waals surface area contributed by atoms with Crippen LogP contribution in [0.25, 0.3) is 11.1 Å². The SMILES string of the molecule is NCc1ccc(C(=O)Nc2ccncc2)cc1-c1cccc(OCC2CCSC2=O)c1. The molecular weight excluding hydrogens is 410 g/mol. The highest BCUT2D eigenvalue weighted by atomic mass is 32.2. The molecule has 1 unspecified atom stereocenters. The van der Waals surface area contributed by atoms with Crippen molar-refractivity contribution in [3.05, 3.63) is 78.1 Å². The average molecular weight is 434 g/mol. The number of nitrogens with one attached hydrogen (secondary N) is 1. The van der Waals surface area contributed by atoms with Gasteiger partial charge in [-0.3, -0.25) is 14.6 Å². The molecule has 4 rings (SSSR count). The van der Waals surface area contributed by atoms with Gasteiger partial charge in [0.1, 0.15) is 5.75 Å². The van der Waals surface area contributed by atoms with Gasteiger partial charge in [0.25, 0.3) is 5.91 Å². The van der Waals surface area contributed by atoms with Crippen molar-refractivity contribution in [2.75, 3.05) is 17.7 Å². The largest absolute Gasteiger partial charge is 0.493 e. The Morgan fingerprint density at radius 2 is 2.00 bits per heavy atom. The highest BCUT2D eigenvalue weighted by Gasteiger charge is 2.25. The number of hydrogen-bond donors (Lipinski definition) is 2. The fourth-order valence-corrected chi connectivity index (χ4v) is 4.47. The van der Waals surface area contributed by atoms with E-state index in [1.165, 1.54) is 11.8 Å². The number of nitrogens with two attached hydrogens (primary N) is 1. The molecule has 2 heterocycles. The highest BCUT2D eigenvalue weighted by Crippen LogP contribution is 2.30. The molecule has 6 nitrogen and oxygen atoms in total. The quantitative estimate of drug-likeness (QED) is 0.582. The predicted octanol–water partition coefficient (Wildman–Crippen LogP) is 4.12. The zero-order valence-electron chi connectivity index (χ0n) is 16.9. The first-order chi connectivity index (χ1) is 15.1. The van der Waals surface area contributed by atoms with E-state index in [0.29, 0.717) is 30.2 Å². The van der Waals surface area contributed by atoms with Crippen molar-refractivity contribution in [2.24, 2.45) is 11.7 Å². The Labute approximate surface area is 185 Å². The van der Waals surface area contributed by atoms with Crippen LogP contribution in [0.3, 0.4) is 0 Å². The van der Waals surface area contributed by atoms with Crippen LogP contribution in [0.2, 0.25) is 0 Å². The third-order valence-electron chi connectivity index (χ3n) is 5.17. The summed E-state index contributed by atoms with van der Waals surface area (Å²) in [6.07, 6.45) is 4.11. The molecule has 2 aromatic carbocycles. The van der Waals surface area contributed by atoms with Crippen LogP contribution < -0.4 is 15.8 Å². The van der Waals surface area contributed by atoms with Crippen LogP contribution in [0.15, 0.2) is 67.0 Å². The number of benzene rings is 2. The standard InChI is InChI=1S/C24H23N3O3S/c25-14-18-5-4-17(23(28)27-20-6-9-26-10-7-20)13-22(18)16-2-1-3-21(12-16)30-15-19-8-11-31-24(19)29/h1-7,9-10,12-13,19H,8,11,14-15,25H2,(H,26,27,28). The minimum atomic E-state index is -0.208. The normalized spacial score (nSPS) is 15.6. The Bertz CT molecular complexity index is 1090. The molecule has 1 amide bonds. The van der Waals surface area contributed by atoms with E-state index >= 15 is 0 Å². The fraction of sp³-hybridized carbons (Fsp3) is 0.208. The van der Waals surface area contributed by atoms with Gasteiger partial charge in [-0.1, -0.05) is 30.0 Å². The lowest BCUT2D eigenvalue weighted by atomic mass is 9.96. The van der Waals surface area contributed by atoms with Crippen molar-refractivity contribution in [1.29, 1.82) is 0 Å². The Hall–Kier alpha value is -3.16. The van der Waals surface area contributed by atoms with Crippen LogP contribution in [0.4, 0.5) is 5.69 Å². The van der Waals surface area contributed by atoms with Gasteiger partial charge in [0.15, 0.2) is 5.12 Å². The molecule has 7 heteroatoms. The van der Waals surface area contributed by atoms with E-state index in [1.54, 1.807) is 30.6 Å². The molecule has 31 heavy (non-hydrogen) atoms. The smallest absolute Gasteiger partial charge is 0.255 e. The van der Waals surface area contributed by atoms with Crippen LogP contribution in [-0.2, 0) is 11.3 Å². The van der Waals surface area contributed by atoms with Crippen molar-refractivity contribution < 1.29 is 14.3 Å². The predicted molar refractivity (Wildman–Crippen MR) is 123 cm³/mol. The molecule has 1 atom stereocenters. The fourth-order valence-electron chi connectivity index (χ4n) is 3.44. The molecule has 0 spiro atoms. The summed E-state index contributed by atoms with van der Waals surface area (Å²) < 4.78 is 5.90. The van der Waals surface area contributed by atoms with E-state index in [4.69, 9.17) is 10.5 Å². The molecule has 1 saturated heterocycles. The Balaban J connectivity index is 1.55. The van der Waals surface area contributed by atoms with E-state index in [2.05, 4.69) is 10.3 Å². The van der Waals surface area contributed by atoms with E-state index in [9.17, 15) is 9.59 Å². The number of ether oxygens (including phenoxy) is 1. The van der Waals surface area contributed by atoms with Gasteiger partial charge in [-0.15, -0.1) is 0 Å². The maximum atomic E-state index is 12.7. The third kappa shape index (κ3) is 5.13. The molecule has 0 radical (unpaired) electrons. The average Bonchev–Trinajstić information content (AvgIpc) is 3.22. The van der Waals surface area contributed by atoms with E-state index in [0.717, 1.165) is 28.9 Å². The van der Waals surface area contributed by atoms with Gasteiger partial charge in [-0.05, 0) is 59.5 Å². The summed E-state index contributed by atoms with van der Waals surface area (Å²) in [5, 5.41) is 3.08. The van der Waals surface area contributed by atoms with Crippen LogP contribution in [-0.4, -0.2) is 28.4 Å². The van der Waals surface area contributed by atoms with Crippen molar-refractivity contribution in [3.63, 3.8) is 0 Å². The second-order valence-corrected chi connectivity index (χ2v) is 8.36. The first kappa shape index (κ1) is 21.1. The number of aromatic nitrogens is 1. The molecule has 158 valence electrons. The van der Waals surface area contributed by atoms with Gasteiger partial charge in [-0.2, -0.15) is 0 Å². The Kier molecular flexibility index (Phi) is 6.64. The molecule has 3 aromatic rings. The molecule has 1 fully saturated rings. The minimum absolute atomic E-state index is 0.0477. The van der Waals surface area contributed by atoms with Crippen molar-refractivity contribution in [2.45, 2.75) is 13.0 Å². The summed E-state index contributed by atoms with van der Waals surface area (Å²) in [6.45, 7) is 0.730. The topological polar surface area (TPSA) is 94.3 Å². The number of pyridine rings is 1. The monoisotopic (exact) mass is 433 g/mol. The number of nitrogens with zero attached hydrogens (tertiary/aromatic N) is 1. The lowest BCUT2D eigenvalue weighted by molar-refractivity contribution is -0.114. The molecule has 1 aliphatic heterocycles.